The fourth-order valence-corrected chi connectivity index (χ4v) is 2.27. The molecule has 94 valence electrons. The van der Waals surface area contributed by atoms with Gasteiger partial charge in [0.1, 0.15) is 0 Å². The Bertz CT molecular complexity index is 525. The van der Waals surface area contributed by atoms with Crippen molar-refractivity contribution in [1.29, 1.82) is 0 Å². The van der Waals surface area contributed by atoms with E-state index in [2.05, 4.69) is 10.3 Å². The summed E-state index contributed by atoms with van der Waals surface area (Å²) >= 11 is 1.34. The molecule has 1 aromatic carbocycles. The molecule has 1 aromatic heterocycles. The van der Waals surface area contributed by atoms with Gasteiger partial charge in [0.25, 0.3) is 5.91 Å². The monoisotopic (exact) mass is 262 g/mol. The predicted octanol–water partition coefficient (Wildman–Crippen LogP) is 1.91. The SMILES string of the molecule is Cc1cnc(C(=O)NC(CO)c2ccccc2)s1. The fraction of sp³-hybridized carbons (Fsp3) is 0.231. The van der Waals surface area contributed by atoms with Crippen LogP contribution in [0.1, 0.15) is 26.3 Å². The minimum absolute atomic E-state index is 0.139. The lowest BCUT2D eigenvalue weighted by molar-refractivity contribution is 0.0916. The van der Waals surface area contributed by atoms with E-state index < -0.39 is 6.04 Å². The zero-order valence-electron chi connectivity index (χ0n) is 9.96. The molecule has 1 atom stereocenters. The second-order valence-corrected chi connectivity index (χ2v) is 5.13. The number of rotatable bonds is 4. The minimum atomic E-state index is -0.400. The molecule has 0 aliphatic rings. The maximum Gasteiger partial charge on any atom is 0.280 e. The quantitative estimate of drug-likeness (QED) is 0.884. The molecule has 0 saturated carbocycles. The molecule has 1 unspecified atom stereocenters. The van der Waals surface area contributed by atoms with Crippen molar-refractivity contribution in [3.63, 3.8) is 0 Å². The lowest BCUT2D eigenvalue weighted by atomic mass is 10.1. The second kappa shape index (κ2) is 5.75. The van der Waals surface area contributed by atoms with Crippen LogP contribution in [0.4, 0.5) is 0 Å². The highest BCUT2D eigenvalue weighted by molar-refractivity contribution is 7.13. The molecule has 0 aliphatic heterocycles. The summed E-state index contributed by atoms with van der Waals surface area (Å²) in [6.07, 6.45) is 1.66. The average molecular weight is 262 g/mol. The van der Waals surface area contributed by atoms with E-state index in [1.165, 1.54) is 11.3 Å². The number of thiazole rings is 1. The summed E-state index contributed by atoms with van der Waals surface area (Å²) in [5.74, 6) is -0.254. The number of aromatic nitrogens is 1. The van der Waals surface area contributed by atoms with Gasteiger partial charge in [-0.2, -0.15) is 0 Å². The van der Waals surface area contributed by atoms with E-state index in [0.29, 0.717) is 5.01 Å². The predicted molar refractivity (Wildman–Crippen MR) is 70.6 cm³/mol. The Kier molecular flexibility index (Phi) is 4.07. The Morgan fingerprint density at radius 1 is 1.44 bits per heavy atom. The summed E-state index contributed by atoms with van der Waals surface area (Å²) in [7, 11) is 0. The Morgan fingerprint density at radius 2 is 2.17 bits per heavy atom. The fourth-order valence-electron chi connectivity index (χ4n) is 1.60. The lowest BCUT2D eigenvalue weighted by Gasteiger charge is -2.15. The number of nitrogens with zero attached hydrogens (tertiary/aromatic N) is 1. The third-order valence-electron chi connectivity index (χ3n) is 2.51. The van der Waals surface area contributed by atoms with Crippen molar-refractivity contribution >= 4 is 17.2 Å². The third kappa shape index (κ3) is 2.94. The molecule has 2 rings (SSSR count). The number of benzene rings is 1. The van der Waals surface area contributed by atoms with Gasteiger partial charge in [-0.3, -0.25) is 4.79 Å². The number of nitrogens with one attached hydrogen (secondary N) is 1. The van der Waals surface area contributed by atoms with Crippen molar-refractivity contribution in [2.45, 2.75) is 13.0 Å². The maximum absolute atomic E-state index is 11.9. The first-order valence-corrected chi connectivity index (χ1v) is 6.41. The van der Waals surface area contributed by atoms with Crippen LogP contribution in [-0.2, 0) is 0 Å². The first-order chi connectivity index (χ1) is 8.70. The molecule has 0 spiro atoms. The number of carbonyl (C=O) groups is 1. The summed E-state index contributed by atoms with van der Waals surface area (Å²) in [4.78, 5) is 16.9. The highest BCUT2D eigenvalue weighted by atomic mass is 32.1. The Hall–Kier alpha value is -1.72. The van der Waals surface area contributed by atoms with Gasteiger partial charge in [0.15, 0.2) is 5.01 Å². The van der Waals surface area contributed by atoms with Crippen LogP contribution in [0, 0.1) is 6.92 Å². The Labute approximate surface area is 109 Å². The van der Waals surface area contributed by atoms with Crippen LogP contribution >= 0.6 is 11.3 Å². The summed E-state index contributed by atoms with van der Waals surface area (Å²) in [5, 5.41) is 12.5. The molecule has 2 aromatic rings. The van der Waals surface area contributed by atoms with Gasteiger partial charge in [0.05, 0.1) is 12.6 Å². The third-order valence-corrected chi connectivity index (χ3v) is 3.42. The number of aliphatic hydroxyl groups is 1. The number of aryl methyl sites for hydroxylation is 1. The molecular weight excluding hydrogens is 248 g/mol. The molecular formula is C13H14N2O2S. The Morgan fingerprint density at radius 3 is 2.72 bits per heavy atom. The number of aliphatic hydroxyl groups excluding tert-OH is 1. The van der Waals surface area contributed by atoms with Gasteiger partial charge in [0.2, 0.25) is 0 Å². The van der Waals surface area contributed by atoms with Gasteiger partial charge in [-0.25, -0.2) is 4.98 Å². The van der Waals surface area contributed by atoms with Gasteiger partial charge in [-0.15, -0.1) is 11.3 Å². The molecule has 18 heavy (non-hydrogen) atoms. The maximum atomic E-state index is 11.9. The molecule has 5 heteroatoms. The minimum Gasteiger partial charge on any atom is -0.394 e. The van der Waals surface area contributed by atoms with Gasteiger partial charge in [0, 0.05) is 11.1 Å². The van der Waals surface area contributed by atoms with E-state index in [1.54, 1.807) is 6.20 Å². The van der Waals surface area contributed by atoms with Crippen LogP contribution < -0.4 is 5.32 Å². The molecule has 2 N–H and O–H groups in total. The number of hydrogen-bond acceptors (Lipinski definition) is 4. The molecule has 4 nitrogen and oxygen atoms in total. The first kappa shape index (κ1) is 12.7. The molecule has 0 radical (unpaired) electrons. The van der Waals surface area contributed by atoms with E-state index in [1.807, 2.05) is 37.3 Å². The molecule has 0 saturated heterocycles. The average Bonchev–Trinajstić information content (AvgIpc) is 2.83. The summed E-state index contributed by atoms with van der Waals surface area (Å²) in [6, 6.07) is 8.98. The topological polar surface area (TPSA) is 62.2 Å². The largest absolute Gasteiger partial charge is 0.394 e. The zero-order chi connectivity index (χ0) is 13.0. The van der Waals surface area contributed by atoms with Gasteiger partial charge >= 0.3 is 0 Å². The van der Waals surface area contributed by atoms with Crippen molar-refractivity contribution in [2.75, 3.05) is 6.61 Å². The van der Waals surface area contributed by atoms with Crippen LogP contribution in [-0.4, -0.2) is 22.6 Å². The van der Waals surface area contributed by atoms with E-state index in [0.717, 1.165) is 10.4 Å². The van der Waals surface area contributed by atoms with Crippen molar-refractivity contribution in [3.8, 4) is 0 Å². The highest BCUT2D eigenvalue weighted by Gasteiger charge is 2.16. The number of amides is 1. The van der Waals surface area contributed by atoms with E-state index in [9.17, 15) is 9.90 Å². The van der Waals surface area contributed by atoms with Crippen molar-refractivity contribution in [2.24, 2.45) is 0 Å². The molecule has 1 heterocycles. The molecule has 0 bridgehead atoms. The molecule has 1 amide bonds. The summed E-state index contributed by atoms with van der Waals surface area (Å²) in [6.45, 7) is 1.76. The van der Waals surface area contributed by atoms with Crippen molar-refractivity contribution < 1.29 is 9.90 Å². The smallest absolute Gasteiger partial charge is 0.280 e. The standard InChI is InChI=1S/C13H14N2O2S/c1-9-7-14-13(18-9)12(17)15-11(8-16)10-5-3-2-4-6-10/h2-7,11,16H,8H2,1H3,(H,15,17). The number of hydrogen-bond donors (Lipinski definition) is 2. The molecule has 0 fully saturated rings. The van der Waals surface area contributed by atoms with Gasteiger partial charge < -0.3 is 10.4 Å². The van der Waals surface area contributed by atoms with Crippen molar-refractivity contribution in [3.05, 3.63) is 52.0 Å². The summed E-state index contributed by atoms with van der Waals surface area (Å²) in [5.41, 5.74) is 0.877. The second-order valence-electron chi connectivity index (χ2n) is 3.90. The first-order valence-electron chi connectivity index (χ1n) is 5.60. The van der Waals surface area contributed by atoms with Crippen LogP contribution in [0.25, 0.3) is 0 Å². The lowest BCUT2D eigenvalue weighted by Crippen LogP contribution is -2.30. The van der Waals surface area contributed by atoms with Crippen molar-refractivity contribution in [1.82, 2.24) is 10.3 Å². The molecule has 0 aliphatic carbocycles. The van der Waals surface area contributed by atoms with E-state index >= 15 is 0 Å². The normalized spacial score (nSPS) is 12.1. The van der Waals surface area contributed by atoms with Crippen LogP contribution in [0.15, 0.2) is 36.5 Å². The number of carbonyl (C=O) groups excluding carboxylic acids is 1. The Balaban J connectivity index is 2.10. The highest BCUT2D eigenvalue weighted by Crippen LogP contribution is 2.15. The van der Waals surface area contributed by atoms with Gasteiger partial charge in [-0.05, 0) is 12.5 Å². The summed E-state index contributed by atoms with van der Waals surface area (Å²) < 4.78 is 0. The van der Waals surface area contributed by atoms with E-state index in [-0.39, 0.29) is 12.5 Å². The van der Waals surface area contributed by atoms with Crippen LogP contribution in [0.3, 0.4) is 0 Å². The zero-order valence-corrected chi connectivity index (χ0v) is 10.8. The van der Waals surface area contributed by atoms with Gasteiger partial charge in [-0.1, -0.05) is 30.3 Å². The van der Waals surface area contributed by atoms with Crippen LogP contribution in [0.5, 0.6) is 0 Å². The van der Waals surface area contributed by atoms with E-state index in [4.69, 9.17) is 0 Å². The van der Waals surface area contributed by atoms with Crippen LogP contribution in [0.2, 0.25) is 0 Å².